The lowest BCUT2D eigenvalue weighted by atomic mass is 9.93. The Morgan fingerprint density at radius 1 is 1.50 bits per heavy atom. The summed E-state index contributed by atoms with van der Waals surface area (Å²) in [6.07, 6.45) is 7.36. The van der Waals surface area contributed by atoms with E-state index in [-0.39, 0.29) is 0 Å². The Morgan fingerprint density at radius 2 is 2.21 bits per heavy atom. The molecule has 1 saturated heterocycles. The fraction of sp³-hybridized carbons (Fsp3) is 0.833. The van der Waals surface area contributed by atoms with Crippen LogP contribution < -0.4 is 5.32 Å². The fourth-order valence-electron chi connectivity index (χ4n) is 2.14. The minimum atomic E-state index is 0.672. The van der Waals surface area contributed by atoms with Crippen molar-refractivity contribution in [2.45, 2.75) is 38.6 Å². The van der Waals surface area contributed by atoms with Crippen molar-refractivity contribution < 1.29 is 0 Å². The zero-order valence-electron chi connectivity index (χ0n) is 9.30. The molecule has 0 aromatic rings. The molecule has 1 rings (SSSR count). The first-order valence-electron chi connectivity index (χ1n) is 5.78. The van der Waals surface area contributed by atoms with Crippen LogP contribution >= 0.6 is 11.8 Å². The third-order valence-corrected chi connectivity index (χ3v) is 3.95. The summed E-state index contributed by atoms with van der Waals surface area (Å²) in [6.45, 7) is 7.10. The molecule has 1 nitrogen and oxygen atoms in total. The van der Waals surface area contributed by atoms with Crippen LogP contribution in [-0.2, 0) is 0 Å². The number of nitrogens with one attached hydrogen (secondary N) is 1. The molecule has 1 atom stereocenters. The predicted octanol–water partition coefficient (Wildman–Crippen LogP) is 3.07. The van der Waals surface area contributed by atoms with Gasteiger partial charge in [0.15, 0.2) is 0 Å². The van der Waals surface area contributed by atoms with Crippen LogP contribution in [0.25, 0.3) is 0 Å². The quantitative estimate of drug-likeness (QED) is 0.681. The summed E-state index contributed by atoms with van der Waals surface area (Å²) >= 11 is 2.11. The van der Waals surface area contributed by atoms with E-state index in [9.17, 15) is 0 Å². The lowest BCUT2D eigenvalue weighted by Gasteiger charge is -2.26. The van der Waals surface area contributed by atoms with Crippen LogP contribution in [0.4, 0.5) is 0 Å². The lowest BCUT2D eigenvalue weighted by molar-refractivity contribution is 0.369. The Morgan fingerprint density at radius 3 is 2.79 bits per heavy atom. The molecular formula is C12H23NS. The molecule has 1 aliphatic rings. The highest BCUT2D eigenvalue weighted by Gasteiger charge is 2.17. The van der Waals surface area contributed by atoms with E-state index < -0.39 is 0 Å². The van der Waals surface area contributed by atoms with Gasteiger partial charge in [-0.25, -0.2) is 0 Å². The maximum absolute atomic E-state index is 3.83. The summed E-state index contributed by atoms with van der Waals surface area (Å²) < 4.78 is 0. The Labute approximate surface area is 92.7 Å². The molecule has 0 spiro atoms. The van der Waals surface area contributed by atoms with Gasteiger partial charge in [0, 0.05) is 6.04 Å². The lowest BCUT2D eigenvalue weighted by Crippen LogP contribution is -2.31. The Hall–Kier alpha value is 0.0500. The largest absolute Gasteiger partial charge is 0.314 e. The zero-order valence-corrected chi connectivity index (χ0v) is 10.1. The van der Waals surface area contributed by atoms with Gasteiger partial charge in [-0.1, -0.05) is 13.0 Å². The van der Waals surface area contributed by atoms with Crippen LogP contribution in [0.3, 0.4) is 0 Å². The molecule has 0 saturated carbocycles. The second kappa shape index (κ2) is 7.36. The number of hydrogen-bond donors (Lipinski definition) is 1. The van der Waals surface area contributed by atoms with Gasteiger partial charge in [0.2, 0.25) is 0 Å². The van der Waals surface area contributed by atoms with Gasteiger partial charge >= 0.3 is 0 Å². The van der Waals surface area contributed by atoms with Crippen molar-refractivity contribution in [3.8, 4) is 0 Å². The molecule has 2 heteroatoms. The van der Waals surface area contributed by atoms with Crippen LogP contribution in [0.5, 0.6) is 0 Å². The summed E-state index contributed by atoms with van der Waals surface area (Å²) in [5, 5.41) is 3.55. The van der Waals surface area contributed by atoms with Gasteiger partial charge in [-0.2, -0.15) is 11.8 Å². The van der Waals surface area contributed by atoms with E-state index in [0.717, 1.165) is 18.9 Å². The molecule has 1 fully saturated rings. The third-order valence-electron chi connectivity index (χ3n) is 2.90. The highest BCUT2D eigenvalue weighted by molar-refractivity contribution is 7.99. The van der Waals surface area contributed by atoms with Crippen LogP contribution in [-0.4, -0.2) is 24.1 Å². The van der Waals surface area contributed by atoms with Gasteiger partial charge in [0.1, 0.15) is 0 Å². The Kier molecular flexibility index (Phi) is 6.37. The smallest absolute Gasteiger partial charge is 0.0104 e. The first-order valence-corrected chi connectivity index (χ1v) is 6.94. The average molecular weight is 213 g/mol. The van der Waals surface area contributed by atoms with Crippen LogP contribution in [0.2, 0.25) is 0 Å². The number of hydrogen-bond acceptors (Lipinski definition) is 2. The molecule has 82 valence electrons. The summed E-state index contributed by atoms with van der Waals surface area (Å²) in [7, 11) is 0. The van der Waals surface area contributed by atoms with E-state index >= 15 is 0 Å². The van der Waals surface area contributed by atoms with Gasteiger partial charge < -0.3 is 5.32 Å². The van der Waals surface area contributed by atoms with Crippen LogP contribution in [0, 0.1) is 5.92 Å². The molecule has 0 aromatic heterocycles. The van der Waals surface area contributed by atoms with Crippen LogP contribution in [0.15, 0.2) is 12.7 Å². The standard InChI is InChI=1S/C12H23NS/c1-3-5-12(13-4-2)10-11-6-8-14-9-7-11/h3,11-13H,1,4-10H2,2H3. The van der Waals surface area contributed by atoms with Crippen molar-refractivity contribution in [1.82, 2.24) is 5.32 Å². The van der Waals surface area contributed by atoms with E-state index in [1.54, 1.807) is 0 Å². The van der Waals surface area contributed by atoms with Gasteiger partial charge in [-0.15, -0.1) is 6.58 Å². The van der Waals surface area contributed by atoms with Gasteiger partial charge in [0.25, 0.3) is 0 Å². The highest BCUT2D eigenvalue weighted by Crippen LogP contribution is 2.26. The number of thioether (sulfide) groups is 1. The van der Waals surface area contributed by atoms with E-state index in [1.807, 2.05) is 6.08 Å². The Bertz CT molecular complexity index is 152. The van der Waals surface area contributed by atoms with Crippen molar-refractivity contribution in [2.75, 3.05) is 18.1 Å². The molecule has 1 aliphatic heterocycles. The molecular weight excluding hydrogens is 190 g/mol. The van der Waals surface area contributed by atoms with Crippen molar-refractivity contribution in [2.24, 2.45) is 5.92 Å². The molecule has 1 unspecified atom stereocenters. The third kappa shape index (κ3) is 4.52. The molecule has 14 heavy (non-hydrogen) atoms. The Balaban J connectivity index is 2.25. The summed E-state index contributed by atoms with van der Waals surface area (Å²) in [6, 6.07) is 0.672. The monoisotopic (exact) mass is 213 g/mol. The van der Waals surface area contributed by atoms with E-state index in [0.29, 0.717) is 6.04 Å². The van der Waals surface area contributed by atoms with E-state index in [4.69, 9.17) is 0 Å². The van der Waals surface area contributed by atoms with E-state index in [2.05, 4.69) is 30.6 Å². The normalized spacial score (nSPS) is 20.6. The second-order valence-corrected chi connectivity index (χ2v) is 5.30. The highest BCUT2D eigenvalue weighted by atomic mass is 32.2. The zero-order chi connectivity index (χ0) is 10.2. The maximum atomic E-state index is 3.83. The predicted molar refractivity (Wildman–Crippen MR) is 66.9 cm³/mol. The molecule has 0 aromatic carbocycles. The van der Waals surface area contributed by atoms with Crippen LogP contribution in [0.1, 0.15) is 32.6 Å². The fourth-order valence-corrected chi connectivity index (χ4v) is 3.34. The topological polar surface area (TPSA) is 12.0 Å². The summed E-state index contributed by atoms with van der Waals surface area (Å²) in [5.41, 5.74) is 0. The van der Waals surface area contributed by atoms with Crippen molar-refractivity contribution in [3.05, 3.63) is 12.7 Å². The molecule has 1 N–H and O–H groups in total. The molecule has 0 radical (unpaired) electrons. The van der Waals surface area contributed by atoms with Crippen molar-refractivity contribution >= 4 is 11.8 Å². The maximum Gasteiger partial charge on any atom is 0.0104 e. The van der Waals surface area contributed by atoms with Crippen molar-refractivity contribution in [3.63, 3.8) is 0 Å². The second-order valence-electron chi connectivity index (χ2n) is 4.07. The minimum absolute atomic E-state index is 0.672. The molecule has 0 bridgehead atoms. The SMILES string of the molecule is C=CCC(CC1CCSCC1)NCC. The molecule has 0 amide bonds. The summed E-state index contributed by atoms with van der Waals surface area (Å²) in [4.78, 5) is 0. The first kappa shape index (κ1) is 12.1. The molecule has 1 heterocycles. The minimum Gasteiger partial charge on any atom is -0.314 e. The average Bonchev–Trinajstić information content (AvgIpc) is 2.20. The van der Waals surface area contributed by atoms with Gasteiger partial charge in [-0.05, 0) is 49.7 Å². The first-order chi connectivity index (χ1) is 6.86. The van der Waals surface area contributed by atoms with Gasteiger partial charge in [-0.3, -0.25) is 0 Å². The van der Waals surface area contributed by atoms with E-state index in [1.165, 1.54) is 30.8 Å². The number of rotatable bonds is 6. The van der Waals surface area contributed by atoms with Gasteiger partial charge in [0.05, 0.1) is 0 Å². The molecule has 0 aliphatic carbocycles. The summed E-state index contributed by atoms with van der Waals surface area (Å²) in [5.74, 6) is 3.70. The van der Waals surface area contributed by atoms with Crippen molar-refractivity contribution in [1.29, 1.82) is 0 Å².